The van der Waals surface area contributed by atoms with E-state index < -0.39 is 6.36 Å². The van der Waals surface area contributed by atoms with Gasteiger partial charge in [0.25, 0.3) is 0 Å². The number of hydrogen-bond acceptors (Lipinski definition) is 6. The highest BCUT2D eigenvalue weighted by Gasteiger charge is 2.54. The highest BCUT2D eigenvalue weighted by atomic mass is 19.4. The Morgan fingerprint density at radius 2 is 1.86 bits per heavy atom. The molecule has 0 spiro atoms. The Hall–Kier alpha value is -3.02. The van der Waals surface area contributed by atoms with Gasteiger partial charge < -0.3 is 15.4 Å². The zero-order valence-corrected chi connectivity index (χ0v) is 21.3. The molecule has 198 valence electrons. The molecule has 6 rings (SSSR count). The van der Waals surface area contributed by atoms with E-state index >= 15 is 0 Å². The number of hydrogen-bond donors (Lipinski definition) is 2. The molecular formula is C28H34F3N5O. The van der Waals surface area contributed by atoms with Crippen molar-refractivity contribution in [2.75, 3.05) is 17.2 Å². The van der Waals surface area contributed by atoms with Crippen LogP contribution in [0.4, 0.5) is 24.9 Å². The summed E-state index contributed by atoms with van der Waals surface area (Å²) in [6, 6.07) is 8.11. The molecule has 5 atom stereocenters. The van der Waals surface area contributed by atoms with E-state index in [1.54, 1.807) is 12.1 Å². The van der Waals surface area contributed by atoms with Crippen LogP contribution in [0.5, 0.6) is 5.75 Å². The van der Waals surface area contributed by atoms with Crippen molar-refractivity contribution < 1.29 is 17.9 Å². The van der Waals surface area contributed by atoms with E-state index in [9.17, 15) is 18.4 Å². The summed E-state index contributed by atoms with van der Waals surface area (Å²) >= 11 is 0. The summed E-state index contributed by atoms with van der Waals surface area (Å²) in [5, 5.41) is 16.1. The molecule has 0 amide bonds. The number of ether oxygens (including phenoxy) is 1. The number of aromatic nitrogens is 2. The number of nitrogens with zero attached hydrogens (tertiary/aromatic N) is 3. The smallest absolute Gasteiger partial charge is 0.405 e. The minimum absolute atomic E-state index is 0.0454. The second-order valence-electron chi connectivity index (χ2n) is 11.7. The van der Waals surface area contributed by atoms with E-state index in [4.69, 9.17) is 0 Å². The SMILES string of the molecule is CC(C)CC1[C@@H]2CC3C[C@H]1CC(CNc1nc(NCc4ccccc4OC(F)(F)F)ncc1C#N)(C3)C2. The van der Waals surface area contributed by atoms with Gasteiger partial charge in [0.15, 0.2) is 0 Å². The van der Waals surface area contributed by atoms with Gasteiger partial charge in [-0.1, -0.05) is 32.0 Å². The van der Waals surface area contributed by atoms with Crippen molar-refractivity contribution >= 4 is 11.8 Å². The van der Waals surface area contributed by atoms with E-state index in [-0.39, 0.29) is 23.7 Å². The summed E-state index contributed by atoms with van der Waals surface area (Å²) < 4.78 is 42.4. The number of benzene rings is 1. The third-order valence-electron chi connectivity index (χ3n) is 8.51. The topological polar surface area (TPSA) is 82.9 Å². The molecule has 4 bridgehead atoms. The van der Waals surface area contributed by atoms with Gasteiger partial charge in [0.1, 0.15) is 23.2 Å². The predicted molar refractivity (Wildman–Crippen MR) is 135 cm³/mol. The van der Waals surface area contributed by atoms with Crippen LogP contribution in [0.3, 0.4) is 0 Å². The van der Waals surface area contributed by atoms with E-state index in [2.05, 4.69) is 45.3 Å². The highest BCUT2D eigenvalue weighted by Crippen LogP contribution is 2.63. The van der Waals surface area contributed by atoms with Gasteiger partial charge in [-0.3, -0.25) is 0 Å². The lowest BCUT2D eigenvalue weighted by atomic mass is 9.45. The Kier molecular flexibility index (Phi) is 6.95. The summed E-state index contributed by atoms with van der Waals surface area (Å²) in [5.74, 6) is 4.42. The zero-order chi connectivity index (χ0) is 26.2. The number of alkyl halides is 3. The second kappa shape index (κ2) is 10.0. The zero-order valence-electron chi connectivity index (χ0n) is 21.3. The van der Waals surface area contributed by atoms with Gasteiger partial charge in [0.2, 0.25) is 5.95 Å². The fourth-order valence-electron chi connectivity index (χ4n) is 7.45. The first-order valence-corrected chi connectivity index (χ1v) is 13.2. The van der Waals surface area contributed by atoms with E-state index in [0.717, 1.165) is 36.1 Å². The van der Waals surface area contributed by atoms with Crippen molar-refractivity contribution in [3.63, 3.8) is 0 Å². The standard InChI is InChI=1S/C28H34F3N5O/c1-17(2)7-23-20-8-18-9-21(23)12-27(10-18,11-20)16-35-25-22(13-32)15-34-26(36-25)33-14-19-5-3-4-6-24(19)37-28(29,30)31/h3-6,15,17-18,20-21,23H,7-12,14,16H2,1-2H3,(H2,33,34,35,36)/t18?,20-,21+,23?,27?. The van der Waals surface area contributed by atoms with Gasteiger partial charge in [-0.15, -0.1) is 13.2 Å². The van der Waals surface area contributed by atoms with Crippen LogP contribution in [0.2, 0.25) is 0 Å². The Labute approximate surface area is 216 Å². The monoisotopic (exact) mass is 513 g/mol. The van der Waals surface area contributed by atoms with E-state index in [1.165, 1.54) is 56.9 Å². The first-order chi connectivity index (χ1) is 17.6. The van der Waals surface area contributed by atoms with Crippen molar-refractivity contribution in [1.82, 2.24) is 9.97 Å². The Morgan fingerprint density at radius 1 is 1.14 bits per heavy atom. The predicted octanol–water partition coefficient (Wildman–Crippen LogP) is 6.76. The molecule has 3 unspecified atom stereocenters. The molecule has 4 saturated carbocycles. The fourth-order valence-corrected chi connectivity index (χ4v) is 7.45. The molecule has 4 aliphatic carbocycles. The molecule has 1 aromatic carbocycles. The van der Waals surface area contributed by atoms with Crippen LogP contribution in [-0.2, 0) is 6.54 Å². The van der Waals surface area contributed by atoms with Crippen LogP contribution in [-0.4, -0.2) is 22.9 Å². The molecule has 0 aliphatic heterocycles. The normalized spacial score (nSPS) is 28.2. The highest BCUT2D eigenvalue weighted by molar-refractivity contribution is 5.53. The molecular weight excluding hydrogens is 479 g/mol. The number of halogens is 3. The number of nitriles is 1. The largest absolute Gasteiger partial charge is 0.573 e. The molecule has 0 radical (unpaired) electrons. The maximum atomic E-state index is 12.7. The van der Waals surface area contributed by atoms with Crippen LogP contribution >= 0.6 is 0 Å². The quantitative estimate of drug-likeness (QED) is 0.386. The third kappa shape index (κ3) is 5.78. The molecule has 37 heavy (non-hydrogen) atoms. The maximum absolute atomic E-state index is 12.7. The third-order valence-corrected chi connectivity index (χ3v) is 8.51. The first kappa shape index (κ1) is 25.6. The van der Waals surface area contributed by atoms with Crippen LogP contribution < -0.4 is 15.4 Å². The van der Waals surface area contributed by atoms with Crippen molar-refractivity contribution in [1.29, 1.82) is 5.26 Å². The maximum Gasteiger partial charge on any atom is 0.573 e. The molecule has 1 aromatic heterocycles. The summed E-state index contributed by atoms with van der Waals surface area (Å²) in [6.45, 7) is 5.48. The lowest BCUT2D eigenvalue weighted by Gasteiger charge is -2.60. The van der Waals surface area contributed by atoms with Crippen molar-refractivity contribution in [2.45, 2.75) is 65.3 Å². The van der Waals surface area contributed by atoms with E-state index in [1.807, 2.05) is 0 Å². The molecule has 0 saturated heterocycles. The van der Waals surface area contributed by atoms with Gasteiger partial charge in [0.05, 0.1) is 6.20 Å². The molecule has 2 N–H and O–H groups in total. The summed E-state index contributed by atoms with van der Waals surface area (Å²) in [4.78, 5) is 8.71. The van der Waals surface area contributed by atoms with E-state index in [0.29, 0.717) is 16.9 Å². The number of anilines is 2. The average Bonchev–Trinajstić information content (AvgIpc) is 2.83. The number of rotatable bonds is 9. The lowest BCUT2D eigenvalue weighted by molar-refractivity contribution is -0.274. The van der Waals surface area contributed by atoms with Gasteiger partial charge >= 0.3 is 6.36 Å². The molecule has 2 aromatic rings. The lowest BCUT2D eigenvalue weighted by Crippen LogP contribution is -2.53. The minimum atomic E-state index is -4.77. The molecule has 4 aliphatic rings. The van der Waals surface area contributed by atoms with Crippen molar-refractivity contribution in [3.8, 4) is 11.8 Å². The van der Waals surface area contributed by atoms with Gasteiger partial charge in [-0.2, -0.15) is 10.2 Å². The average molecular weight is 514 g/mol. The molecule has 4 fully saturated rings. The Morgan fingerprint density at radius 3 is 2.54 bits per heavy atom. The van der Waals surface area contributed by atoms with Crippen molar-refractivity contribution in [3.05, 3.63) is 41.6 Å². The second-order valence-corrected chi connectivity index (χ2v) is 11.7. The van der Waals surface area contributed by atoms with Crippen LogP contribution in [0, 0.1) is 46.3 Å². The van der Waals surface area contributed by atoms with Gasteiger partial charge in [0, 0.05) is 18.7 Å². The minimum Gasteiger partial charge on any atom is -0.405 e. The van der Waals surface area contributed by atoms with Crippen LogP contribution in [0.25, 0.3) is 0 Å². The summed E-state index contributed by atoms with van der Waals surface area (Å²) in [6.07, 6.45) is 4.42. The molecule has 6 nitrogen and oxygen atoms in total. The van der Waals surface area contributed by atoms with Crippen molar-refractivity contribution in [2.24, 2.45) is 35.0 Å². The van der Waals surface area contributed by atoms with Gasteiger partial charge in [-0.05, 0) is 79.6 Å². The fraction of sp³-hybridized carbons (Fsp3) is 0.607. The summed E-state index contributed by atoms with van der Waals surface area (Å²) in [7, 11) is 0. The summed E-state index contributed by atoms with van der Waals surface area (Å²) in [5.41, 5.74) is 0.920. The molecule has 1 heterocycles. The number of nitrogens with one attached hydrogen (secondary N) is 2. The Balaban J connectivity index is 1.26. The number of para-hydroxylation sites is 1. The first-order valence-electron chi connectivity index (χ1n) is 13.2. The molecule has 9 heteroatoms. The van der Waals surface area contributed by atoms with Gasteiger partial charge in [-0.25, -0.2) is 4.98 Å². The van der Waals surface area contributed by atoms with Crippen LogP contribution in [0.15, 0.2) is 30.5 Å². The van der Waals surface area contributed by atoms with Crippen LogP contribution in [0.1, 0.15) is 63.5 Å². The Bertz CT molecular complexity index is 1150.